The fraction of sp³-hybridized carbons (Fsp3) is 0.333. The molecule has 0 spiro atoms. The molecule has 0 saturated heterocycles. The predicted molar refractivity (Wildman–Crippen MR) is 141 cm³/mol. The molecule has 2 saturated carbocycles. The number of carbonyl (C=O) groups is 1. The second-order valence-electron chi connectivity index (χ2n) is 9.86. The fourth-order valence-corrected chi connectivity index (χ4v) is 4.90. The summed E-state index contributed by atoms with van der Waals surface area (Å²) in [5.74, 6) is 0.782. The Labute approximate surface area is 219 Å². The van der Waals surface area contributed by atoms with Gasteiger partial charge in [0.25, 0.3) is 5.91 Å². The summed E-state index contributed by atoms with van der Waals surface area (Å²) in [6.45, 7) is 1.84. The molecule has 2 fully saturated rings. The summed E-state index contributed by atoms with van der Waals surface area (Å²) in [7, 11) is 0. The van der Waals surface area contributed by atoms with Gasteiger partial charge in [-0.3, -0.25) is 19.8 Å². The fourth-order valence-electron chi connectivity index (χ4n) is 4.90. The minimum Gasteiger partial charge on any atom is -0.384 e. The number of aliphatic hydroxyl groups is 1. The molecule has 1 amide bonds. The van der Waals surface area contributed by atoms with Gasteiger partial charge in [-0.05, 0) is 51.0 Å². The zero-order chi connectivity index (χ0) is 26.3. The molecule has 11 heteroatoms. The van der Waals surface area contributed by atoms with Gasteiger partial charge >= 0.3 is 0 Å². The van der Waals surface area contributed by atoms with Gasteiger partial charge in [0.15, 0.2) is 5.65 Å². The van der Waals surface area contributed by atoms with Gasteiger partial charge in [-0.2, -0.15) is 14.7 Å². The molecule has 0 atom stereocenters. The summed E-state index contributed by atoms with van der Waals surface area (Å²) in [5.41, 5.74) is 10.7. The third kappa shape index (κ3) is 4.24. The van der Waals surface area contributed by atoms with E-state index in [-0.39, 0.29) is 11.7 Å². The largest absolute Gasteiger partial charge is 0.384 e. The first kappa shape index (κ1) is 24.0. The molecule has 6 rings (SSSR count). The number of rotatable bonds is 8. The summed E-state index contributed by atoms with van der Waals surface area (Å²) in [5, 5.41) is 21.5. The number of fused-ring (bicyclic) bond motifs is 1. The summed E-state index contributed by atoms with van der Waals surface area (Å²) < 4.78 is 1.70. The van der Waals surface area contributed by atoms with Crippen LogP contribution in [0.15, 0.2) is 55.4 Å². The molecule has 4 aromatic rings. The van der Waals surface area contributed by atoms with Crippen LogP contribution >= 0.6 is 0 Å². The number of carbonyl (C=O) groups excluding carboxylic acids is 1. The zero-order valence-corrected chi connectivity index (χ0v) is 21.1. The lowest BCUT2D eigenvalue weighted by Crippen LogP contribution is -2.34. The van der Waals surface area contributed by atoms with Crippen molar-refractivity contribution < 1.29 is 9.90 Å². The number of aromatic nitrogens is 7. The number of aromatic amines is 1. The van der Waals surface area contributed by atoms with Crippen molar-refractivity contribution >= 4 is 17.4 Å². The van der Waals surface area contributed by atoms with E-state index < -0.39 is 5.60 Å². The van der Waals surface area contributed by atoms with Crippen LogP contribution in [0, 0.1) is 0 Å². The van der Waals surface area contributed by atoms with E-state index in [0.717, 1.165) is 54.5 Å². The Hall–Kier alpha value is -4.38. The SMILES string of the molecule is C/C=C\N(/C=C\Cc1nc2c(-c3ccc(C4(O)CCC4)nc3)cnn2c(N)c1C1CC1)C(=O)c1ncn[nH]1. The second kappa shape index (κ2) is 9.49. The predicted octanol–water partition coefficient (Wildman–Crippen LogP) is 3.47. The third-order valence-electron chi connectivity index (χ3n) is 7.26. The second-order valence-corrected chi connectivity index (χ2v) is 9.86. The number of nitrogens with one attached hydrogen (secondary N) is 1. The Bertz CT molecular complexity index is 1530. The van der Waals surface area contributed by atoms with Crippen molar-refractivity contribution in [1.29, 1.82) is 0 Å². The Morgan fingerprint density at radius 3 is 2.74 bits per heavy atom. The number of anilines is 1. The van der Waals surface area contributed by atoms with E-state index in [4.69, 9.17) is 10.7 Å². The number of hydrogen-bond donors (Lipinski definition) is 3. The van der Waals surface area contributed by atoms with Crippen molar-refractivity contribution in [3.63, 3.8) is 0 Å². The lowest BCUT2D eigenvalue weighted by atomic mass is 9.77. The Balaban J connectivity index is 1.33. The molecule has 0 aromatic carbocycles. The van der Waals surface area contributed by atoms with Crippen LogP contribution in [0.5, 0.6) is 0 Å². The maximum atomic E-state index is 12.7. The monoisotopic (exact) mass is 511 g/mol. The molecule has 4 aromatic heterocycles. The van der Waals surface area contributed by atoms with Crippen molar-refractivity contribution in [1.82, 2.24) is 39.7 Å². The molecule has 2 aliphatic rings. The van der Waals surface area contributed by atoms with Crippen LogP contribution in [0.4, 0.5) is 5.82 Å². The molecule has 4 heterocycles. The third-order valence-corrected chi connectivity index (χ3v) is 7.26. The highest BCUT2D eigenvalue weighted by atomic mass is 16.3. The molecule has 4 N–H and O–H groups in total. The van der Waals surface area contributed by atoms with Gasteiger partial charge in [-0.1, -0.05) is 18.2 Å². The number of amides is 1. The molecule has 0 aliphatic heterocycles. The highest BCUT2D eigenvalue weighted by Crippen LogP contribution is 2.45. The molecular weight excluding hydrogens is 482 g/mol. The number of nitrogens with zero attached hydrogens (tertiary/aromatic N) is 7. The van der Waals surface area contributed by atoms with Crippen molar-refractivity contribution in [3.05, 3.63) is 78.2 Å². The first-order valence-corrected chi connectivity index (χ1v) is 12.8. The highest BCUT2D eigenvalue weighted by molar-refractivity contribution is 5.91. The Kier molecular flexibility index (Phi) is 5.99. The van der Waals surface area contributed by atoms with E-state index in [1.54, 1.807) is 35.4 Å². The summed E-state index contributed by atoms with van der Waals surface area (Å²) in [6, 6.07) is 3.83. The number of H-pyrrole nitrogens is 1. The number of pyridine rings is 1. The molecule has 194 valence electrons. The van der Waals surface area contributed by atoms with E-state index >= 15 is 0 Å². The summed E-state index contributed by atoms with van der Waals surface area (Å²) in [4.78, 5) is 27.7. The van der Waals surface area contributed by atoms with Crippen molar-refractivity contribution in [2.45, 2.75) is 57.0 Å². The van der Waals surface area contributed by atoms with E-state index in [1.165, 1.54) is 11.2 Å². The minimum absolute atomic E-state index is 0.156. The maximum Gasteiger partial charge on any atom is 0.299 e. The van der Waals surface area contributed by atoms with E-state index in [2.05, 4.69) is 25.3 Å². The van der Waals surface area contributed by atoms with E-state index in [1.807, 2.05) is 25.1 Å². The van der Waals surface area contributed by atoms with Crippen molar-refractivity contribution in [2.24, 2.45) is 0 Å². The molecular formula is C27H29N9O2. The number of nitrogens with two attached hydrogens (primary N) is 1. The average molecular weight is 512 g/mol. The van der Waals surface area contributed by atoms with Gasteiger partial charge in [-0.15, -0.1) is 0 Å². The van der Waals surface area contributed by atoms with E-state index in [9.17, 15) is 9.90 Å². The standard InChI is InChI=1S/C27H29N9O2/c1-2-12-35(26(37)24-30-16-31-34-24)13-3-5-20-22(17-6-7-17)23(28)36-25(33-20)19(15-32-36)18-8-9-21(29-14-18)27(38)10-4-11-27/h2-3,8-9,12-17,38H,4-7,10-11,28H2,1H3,(H,30,31,34)/b12-2-,13-3-. The van der Waals surface area contributed by atoms with Crippen molar-refractivity contribution in [2.75, 3.05) is 5.73 Å². The van der Waals surface area contributed by atoms with Crippen LogP contribution in [0.2, 0.25) is 0 Å². The summed E-state index contributed by atoms with van der Waals surface area (Å²) >= 11 is 0. The summed E-state index contributed by atoms with van der Waals surface area (Å²) in [6.07, 6.45) is 17.0. The van der Waals surface area contributed by atoms with Crippen LogP contribution in [0.1, 0.15) is 72.5 Å². The maximum absolute atomic E-state index is 12.7. The number of hydrogen-bond acceptors (Lipinski definition) is 8. The molecule has 11 nitrogen and oxygen atoms in total. The van der Waals surface area contributed by atoms with Crippen LogP contribution in [0.25, 0.3) is 16.8 Å². The van der Waals surface area contributed by atoms with Crippen molar-refractivity contribution in [3.8, 4) is 11.1 Å². The average Bonchev–Trinajstić information content (AvgIpc) is 3.40. The van der Waals surface area contributed by atoms with Gasteiger partial charge in [0.1, 0.15) is 17.7 Å². The lowest BCUT2D eigenvalue weighted by Gasteiger charge is -2.35. The highest BCUT2D eigenvalue weighted by Gasteiger charge is 2.37. The van der Waals surface area contributed by atoms with Gasteiger partial charge < -0.3 is 10.8 Å². The molecule has 38 heavy (non-hydrogen) atoms. The minimum atomic E-state index is -0.809. The molecule has 0 unspecified atom stereocenters. The van der Waals surface area contributed by atoms with Crippen LogP contribution < -0.4 is 5.73 Å². The number of nitrogen functional groups attached to an aromatic ring is 1. The lowest BCUT2D eigenvalue weighted by molar-refractivity contribution is -0.0426. The number of allylic oxidation sites excluding steroid dienone is 2. The molecule has 0 bridgehead atoms. The quantitative estimate of drug-likeness (QED) is 0.325. The first-order valence-electron chi connectivity index (χ1n) is 12.8. The van der Waals surface area contributed by atoms with Gasteiger partial charge in [0.2, 0.25) is 5.82 Å². The van der Waals surface area contributed by atoms with Crippen LogP contribution in [-0.4, -0.2) is 50.7 Å². The zero-order valence-electron chi connectivity index (χ0n) is 21.1. The van der Waals surface area contributed by atoms with Gasteiger partial charge in [0.05, 0.1) is 17.6 Å². The van der Waals surface area contributed by atoms with Crippen LogP contribution in [-0.2, 0) is 12.0 Å². The topological polar surface area (TPSA) is 151 Å². The first-order chi connectivity index (χ1) is 18.5. The van der Waals surface area contributed by atoms with Crippen LogP contribution in [0.3, 0.4) is 0 Å². The van der Waals surface area contributed by atoms with Gasteiger partial charge in [0, 0.05) is 41.7 Å². The van der Waals surface area contributed by atoms with Gasteiger partial charge in [-0.25, -0.2) is 9.97 Å². The molecule has 0 radical (unpaired) electrons. The Morgan fingerprint density at radius 1 is 1.26 bits per heavy atom. The van der Waals surface area contributed by atoms with E-state index in [0.29, 0.717) is 29.5 Å². The smallest absolute Gasteiger partial charge is 0.299 e. The Morgan fingerprint density at radius 2 is 2.11 bits per heavy atom. The normalized spacial score (nSPS) is 16.9. The molecule has 2 aliphatic carbocycles.